The van der Waals surface area contributed by atoms with Crippen LogP contribution in [0.3, 0.4) is 0 Å². The number of nitrogens with one attached hydrogen (secondary N) is 1. The molecule has 0 saturated carbocycles. The number of rotatable bonds is 5. The van der Waals surface area contributed by atoms with Crippen molar-refractivity contribution in [2.24, 2.45) is 5.92 Å². The first kappa shape index (κ1) is 24.0. The highest BCUT2D eigenvalue weighted by Crippen LogP contribution is 2.27. The number of amides is 1. The van der Waals surface area contributed by atoms with Gasteiger partial charge in [0.05, 0.1) is 29.5 Å². The Labute approximate surface area is 209 Å². The number of benzene rings is 2. The summed E-state index contributed by atoms with van der Waals surface area (Å²) in [5.41, 5.74) is 1.44. The SMILES string of the molecule is O=C(Nc1ccc(Cl)cc1)C1CCCN(c2ccc3cc(S(=O)(=O)N4CCOCC4)ccc3n2)C1. The third-order valence-electron chi connectivity index (χ3n) is 6.48. The van der Waals surface area contributed by atoms with Crippen molar-refractivity contribution in [2.75, 3.05) is 49.6 Å². The minimum absolute atomic E-state index is 0.0178. The number of anilines is 2. The summed E-state index contributed by atoms with van der Waals surface area (Å²) in [5.74, 6) is 0.610. The Morgan fingerprint density at radius 1 is 1.03 bits per heavy atom. The largest absolute Gasteiger partial charge is 0.379 e. The standard InChI is InChI=1S/C25H27ClN4O4S/c26-20-4-6-21(7-5-20)27-25(31)19-2-1-11-29(17-19)24-10-3-18-16-22(8-9-23(18)28-24)35(32,33)30-12-14-34-15-13-30/h3-10,16,19H,1-2,11-15,17H2,(H,27,31). The lowest BCUT2D eigenvalue weighted by molar-refractivity contribution is -0.120. The van der Waals surface area contributed by atoms with Crippen LogP contribution in [-0.2, 0) is 19.6 Å². The summed E-state index contributed by atoms with van der Waals surface area (Å²) in [4.78, 5) is 20.0. The number of fused-ring (bicyclic) bond motifs is 1. The number of nitrogens with zero attached hydrogens (tertiary/aromatic N) is 3. The molecule has 2 saturated heterocycles. The predicted octanol–water partition coefficient (Wildman–Crippen LogP) is 3.76. The molecule has 1 N–H and O–H groups in total. The van der Waals surface area contributed by atoms with Gasteiger partial charge >= 0.3 is 0 Å². The molecule has 10 heteroatoms. The number of piperidine rings is 1. The Bertz CT molecular complexity index is 1330. The van der Waals surface area contributed by atoms with Crippen molar-refractivity contribution < 1.29 is 17.9 Å². The summed E-state index contributed by atoms with van der Waals surface area (Å²) in [7, 11) is -3.57. The van der Waals surface area contributed by atoms with Crippen molar-refractivity contribution in [3.8, 4) is 0 Å². The van der Waals surface area contributed by atoms with Gasteiger partial charge in [0.25, 0.3) is 0 Å². The predicted molar refractivity (Wildman–Crippen MR) is 136 cm³/mol. The van der Waals surface area contributed by atoms with Crippen LogP contribution in [0, 0.1) is 5.92 Å². The molecule has 2 aromatic carbocycles. The van der Waals surface area contributed by atoms with E-state index in [2.05, 4.69) is 10.2 Å². The van der Waals surface area contributed by atoms with Gasteiger partial charge in [-0.3, -0.25) is 4.79 Å². The average Bonchev–Trinajstić information content (AvgIpc) is 2.90. The molecule has 3 aromatic rings. The Morgan fingerprint density at radius 2 is 1.80 bits per heavy atom. The van der Waals surface area contributed by atoms with Gasteiger partial charge in [-0.15, -0.1) is 0 Å². The highest BCUT2D eigenvalue weighted by Gasteiger charge is 2.28. The molecule has 2 fully saturated rings. The van der Waals surface area contributed by atoms with Crippen LogP contribution >= 0.6 is 11.6 Å². The minimum atomic E-state index is -3.57. The van der Waals surface area contributed by atoms with Crippen LogP contribution in [0.4, 0.5) is 11.5 Å². The molecule has 1 aromatic heterocycles. The zero-order valence-corrected chi connectivity index (χ0v) is 20.8. The molecule has 35 heavy (non-hydrogen) atoms. The molecule has 1 atom stereocenters. The van der Waals surface area contributed by atoms with E-state index < -0.39 is 10.0 Å². The lowest BCUT2D eigenvalue weighted by Crippen LogP contribution is -2.41. The molecule has 0 aliphatic carbocycles. The summed E-state index contributed by atoms with van der Waals surface area (Å²) in [6.07, 6.45) is 1.70. The van der Waals surface area contributed by atoms with Gasteiger partial charge in [0.15, 0.2) is 0 Å². The van der Waals surface area contributed by atoms with Crippen LogP contribution in [0.5, 0.6) is 0 Å². The highest BCUT2D eigenvalue weighted by atomic mass is 35.5. The van der Waals surface area contributed by atoms with Gasteiger partial charge in [-0.25, -0.2) is 13.4 Å². The van der Waals surface area contributed by atoms with Gasteiger partial charge in [0.2, 0.25) is 15.9 Å². The molecule has 1 unspecified atom stereocenters. The fourth-order valence-corrected chi connectivity index (χ4v) is 6.11. The Kier molecular flexibility index (Phi) is 6.93. The number of aromatic nitrogens is 1. The molecule has 5 rings (SSSR count). The van der Waals surface area contributed by atoms with Gasteiger partial charge in [0, 0.05) is 42.3 Å². The van der Waals surface area contributed by atoms with Crippen LogP contribution in [0.25, 0.3) is 10.9 Å². The number of hydrogen-bond acceptors (Lipinski definition) is 6. The molecule has 0 spiro atoms. The third kappa shape index (κ3) is 5.28. The Hall–Kier alpha value is -2.72. The van der Waals surface area contributed by atoms with Crippen molar-refractivity contribution in [1.82, 2.24) is 9.29 Å². The summed E-state index contributed by atoms with van der Waals surface area (Å²) >= 11 is 5.93. The summed E-state index contributed by atoms with van der Waals surface area (Å²) in [5, 5.41) is 4.36. The van der Waals surface area contributed by atoms with Crippen molar-refractivity contribution >= 4 is 49.9 Å². The topological polar surface area (TPSA) is 91.8 Å². The number of carbonyl (C=O) groups excluding carboxylic acids is 1. The van der Waals surface area contributed by atoms with Gasteiger partial charge in [-0.1, -0.05) is 11.6 Å². The van der Waals surface area contributed by atoms with E-state index in [0.29, 0.717) is 37.9 Å². The number of halogens is 1. The molecule has 0 radical (unpaired) electrons. The molecule has 1 amide bonds. The van der Waals surface area contributed by atoms with Crippen LogP contribution in [-0.4, -0.2) is 63.0 Å². The number of ether oxygens (including phenoxy) is 1. The molecule has 3 heterocycles. The van der Waals surface area contributed by atoms with Gasteiger partial charge in [-0.2, -0.15) is 4.31 Å². The molecule has 2 aliphatic heterocycles. The number of sulfonamides is 1. The minimum Gasteiger partial charge on any atom is -0.379 e. The molecular weight excluding hydrogens is 488 g/mol. The first-order valence-corrected chi connectivity index (χ1v) is 13.5. The molecular formula is C25H27ClN4O4S. The molecule has 8 nitrogen and oxygen atoms in total. The van der Waals surface area contributed by atoms with E-state index >= 15 is 0 Å². The summed E-state index contributed by atoms with van der Waals surface area (Å²) < 4.78 is 32.7. The van der Waals surface area contributed by atoms with E-state index in [0.717, 1.165) is 41.8 Å². The number of pyridine rings is 1. The van der Waals surface area contributed by atoms with Crippen molar-refractivity contribution in [3.05, 3.63) is 59.6 Å². The maximum absolute atomic E-state index is 13.0. The first-order chi connectivity index (χ1) is 16.9. The zero-order valence-electron chi connectivity index (χ0n) is 19.2. The fraction of sp³-hybridized carbons (Fsp3) is 0.360. The van der Waals surface area contributed by atoms with Crippen molar-refractivity contribution in [1.29, 1.82) is 0 Å². The van der Waals surface area contributed by atoms with Gasteiger partial charge in [0.1, 0.15) is 5.82 Å². The number of morpholine rings is 1. The quantitative estimate of drug-likeness (QED) is 0.557. The maximum Gasteiger partial charge on any atom is 0.243 e. The second kappa shape index (κ2) is 10.1. The first-order valence-electron chi connectivity index (χ1n) is 11.7. The van der Waals surface area contributed by atoms with E-state index in [9.17, 15) is 13.2 Å². The van der Waals surface area contributed by atoms with Crippen molar-refractivity contribution in [3.63, 3.8) is 0 Å². The normalized spacial score (nSPS) is 19.6. The number of carbonyl (C=O) groups is 1. The van der Waals surface area contributed by atoms with Crippen molar-refractivity contribution in [2.45, 2.75) is 17.7 Å². The van der Waals surface area contributed by atoms with E-state index in [1.165, 1.54) is 4.31 Å². The Balaban J connectivity index is 1.30. The molecule has 0 bridgehead atoms. The maximum atomic E-state index is 13.0. The van der Waals surface area contributed by atoms with E-state index in [-0.39, 0.29) is 16.7 Å². The van der Waals surface area contributed by atoms with Crippen LogP contribution in [0.15, 0.2) is 59.5 Å². The second-order valence-corrected chi connectivity index (χ2v) is 11.2. The number of hydrogen-bond donors (Lipinski definition) is 1. The van der Waals surface area contributed by atoms with E-state index in [4.69, 9.17) is 21.3 Å². The highest BCUT2D eigenvalue weighted by molar-refractivity contribution is 7.89. The average molecular weight is 515 g/mol. The lowest BCUT2D eigenvalue weighted by atomic mass is 9.97. The van der Waals surface area contributed by atoms with Crippen LogP contribution in [0.2, 0.25) is 5.02 Å². The third-order valence-corrected chi connectivity index (χ3v) is 8.63. The van der Waals surface area contributed by atoms with E-state index in [1.54, 1.807) is 42.5 Å². The molecule has 184 valence electrons. The van der Waals surface area contributed by atoms with Gasteiger partial charge in [-0.05, 0) is 67.4 Å². The van der Waals surface area contributed by atoms with Crippen LogP contribution < -0.4 is 10.2 Å². The van der Waals surface area contributed by atoms with E-state index in [1.807, 2.05) is 12.1 Å². The summed E-state index contributed by atoms with van der Waals surface area (Å²) in [6, 6.07) is 15.9. The molecule has 2 aliphatic rings. The monoisotopic (exact) mass is 514 g/mol. The zero-order chi connectivity index (χ0) is 24.4. The van der Waals surface area contributed by atoms with Gasteiger partial charge < -0.3 is 15.0 Å². The fourth-order valence-electron chi connectivity index (χ4n) is 4.54. The smallest absolute Gasteiger partial charge is 0.243 e. The Morgan fingerprint density at radius 3 is 2.57 bits per heavy atom. The summed E-state index contributed by atoms with van der Waals surface area (Å²) in [6.45, 7) is 2.92. The second-order valence-electron chi connectivity index (χ2n) is 8.82. The van der Waals surface area contributed by atoms with Crippen LogP contribution in [0.1, 0.15) is 12.8 Å². The lowest BCUT2D eigenvalue weighted by Gasteiger charge is -2.33.